The van der Waals surface area contributed by atoms with Crippen molar-refractivity contribution >= 4 is 59.1 Å². The van der Waals surface area contributed by atoms with Crippen LogP contribution in [0, 0.1) is 24.7 Å². The van der Waals surface area contributed by atoms with Crippen molar-refractivity contribution in [1.29, 1.82) is 0 Å². The number of aliphatic imine (C=N–C) groups is 4. The maximum atomic E-state index is 13.4. The Labute approximate surface area is 582 Å². The zero-order valence-electron chi connectivity index (χ0n) is 60.6. The molecule has 16 bridgehead atoms. The Balaban J connectivity index is 0.000000241. The molecule has 0 fully saturated rings. The number of allylic oxidation sites excluding steroid dienone is 10. The molecule has 13 heteroatoms. The Hall–Kier alpha value is -6.68. The van der Waals surface area contributed by atoms with Crippen LogP contribution in [0.4, 0.5) is 0 Å². The van der Waals surface area contributed by atoms with Gasteiger partial charge in [0.25, 0.3) is 0 Å². The quantitative estimate of drug-likeness (QED) is 0.0510. The molecule has 0 aliphatic carbocycles. The fraction of sp³-hybridized carbons (Fsp3) is 0.537. The molecule has 0 spiro atoms. The molecule has 12 nitrogen and oxygen atoms in total. The van der Waals surface area contributed by atoms with Gasteiger partial charge in [-0.3, -0.25) is 9.59 Å². The van der Waals surface area contributed by atoms with Gasteiger partial charge in [0, 0.05) is 53.2 Å². The predicted octanol–water partition coefficient (Wildman–Crippen LogP) is 16.9. The van der Waals surface area contributed by atoms with Gasteiger partial charge in [-0.05, 0) is 272 Å². The average Bonchev–Trinajstić information content (AvgIpc) is 1.60. The first-order valence-corrected chi connectivity index (χ1v) is 36.5. The van der Waals surface area contributed by atoms with Gasteiger partial charge in [0.2, 0.25) is 0 Å². The molecule has 0 aromatic carbocycles. The summed E-state index contributed by atoms with van der Waals surface area (Å²) in [5, 5.41) is 33.9. The molecule has 0 saturated carbocycles. The molecule has 514 valence electrons. The van der Waals surface area contributed by atoms with E-state index in [1.807, 2.05) is 13.8 Å². The molecule has 6 N–H and O–H groups in total. The first kappa shape index (κ1) is 74.1. The molecule has 0 saturated heterocycles. The second-order valence-corrected chi connectivity index (χ2v) is 28.0. The fourth-order valence-electron chi connectivity index (χ4n) is 15.5. The van der Waals surface area contributed by atoms with Gasteiger partial charge in [-0.1, -0.05) is 120 Å². The summed E-state index contributed by atoms with van der Waals surface area (Å²) in [6, 6.07) is -0.845. The Bertz CT molecular complexity index is 3810. The maximum absolute atomic E-state index is 13.4. The third-order valence-corrected chi connectivity index (χ3v) is 21.9. The summed E-state index contributed by atoms with van der Waals surface area (Å²) in [6.07, 6.45) is 41.2. The molecule has 4 atom stereocenters. The van der Waals surface area contributed by atoms with Crippen LogP contribution in [0.3, 0.4) is 0 Å². The second-order valence-electron chi connectivity index (χ2n) is 28.0. The summed E-state index contributed by atoms with van der Waals surface area (Å²) in [7, 11) is 0. The van der Waals surface area contributed by atoms with Gasteiger partial charge in [0.15, 0.2) is 0 Å². The van der Waals surface area contributed by atoms with E-state index in [0.717, 1.165) is 231 Å². The van der Waals surface area contributed by atoms with Gasteiger partial charge >= 0.3 is 11.9 Å². The Morgan fingerprint density at radius 3 is 1.02 bits per heavy atom. The van der Waals surface area contributed by atoms with Crippen molar-refractivity contribution in [2.45, 2.75) is 277 Å². The van der Waals surface area contributed by atoms with Gasteiger partial charge in [-0.25, -0.2) is 20.0 Å². The van der Waals surface area contributed by atoms with E-state index in [9.17, 15) is 19.8 Å². The van der Waals surface area contributed by atoms with Crippen LogP contribution in [0.5, 0.6) is 0 Å². The molecule has 0 amide bonds. The molecule has 95 heavy (non-hydrogen) atoms. The van der Waals surface area contributed by atoms with Crippen molar-refractivity contribution in [3.05, 3.63) is 158 Å². The van der Waals surface area contributed by atoms with E-state index in [1.165, 1.54) is 66.8 Å². The number of nitrogens with one attached hydrogen (secondary N) is 4. The maximum Gasteiger partial charge on any atom is 0.316 e. The minimum absolute atomic E-state index is 0. The smallest absolute Gasteiger partial charge is 0.316 e. The van der Waals surface area contributed by atoms with Crippen LogP contribution >= 0.6 is 0 Å². The number of hydrogen-bond donors (Lipinski definition) is 6. The second kappa shape index (κ2) is 32.6. The number of nitrogens with zero attached hydrogens (tertiary/aromatic N) is 4. The Morgan fingerprint density at radius 2 is 0.695 bits per heavy atom. The first-order chi connectivity index (χ1) is 45.2. The third-order valence-electron chi connectivity index (χ3n) is 21.9. The van der Waals surface area contributed by atoms with Crippen LogP contribution in [0.2, 0.25) is 0 Å². The summed E-state index contributed by atoms with van der Waals surface area (Å²) >= 11 is 0. The van der Waals surface area contributed by atoms with E-state index in [4.69, 9.17) is 20.0 Å². The molecule has 10 rings (SSSR count). The molecular weight excluding hydrogens is 1270 g/mol. The van der Waals surface area contributed by atoms with E-state index >= 15 is 0 Å². The van der Waals surface area contributed by atoms with Crippen LogP contribution < -0.4 is 32.0 Å². The Morgan fingerprint density at radius 1 is 0.389 bits per heavy atom. The first-order valence-electron chi connectivity index (χ1n) is 36.5. The van der Waals surface area contributed by atoms with E-state index in [2.05, 4.69) is 166 Å². The predicted molar refractivity (Wildman–Crippen MR) is 394 cm³/mol. The standard InChI is InChI=1S/2C41H56N4O2.Pd/c2*1-9-13-17-29-25(5)32-21-33-27(7)31(19-15-11-3)38(44-33)24-39-41(40(46)47,20-16-12-4)28(8)35(45-39)22-34-26(6)30(18-14-10-2)37(43-34)23-36(29)42-32;/h2*21-24,39,42,45H,9-20H2,1-8H3,(H,46,47);/b2*32-21-,34-22-,36-23-,38-24-;. The fourth-order valence-corrected chi connectivity index (χ4v) is 15.5. The minimum atomic E-state index is -1.06. The summed E-state index contributed by atoms with van der Waals surface area (Å²) < 4.78 is 0. The molecule has 2 aromatic rings. The van der Waals surface area contributed by atoms with Gasteiger partial charge in [0.1, 0.15) is 10.8 Å². The van der Waals surface area contributed by atoms with Crippen LogP contribution in [0.15, 0.2) is 134 Å². The number of hydrogen-bond acceptors (Lipinski definition) is 8. The number of aromatic amines is 2. The molecule has 2 aromatic heterocycles. The molecule has 8 aliphatic heterocycles. The number of carboxylic acid groups (broad SMARTS) is 2. The van der Waals surface area contributed by atoms with Gasteiger partial charge in [-0.15, -0.1) is 0 Å². The summed E-state index contributed by atoms with van der Waals surface area (Å²) in [5.41, 5.74) is 24.0. The van der Waals surface area contributed by atoms with E-state index in [1.54, 1.807) is 0 Å². The van der Waals surface area contributed by atoms with Crippen LogP contribution in [0.25, 0.3) is 24.3 Å². The van der Waals surface area contributed by atoms with Crippen LogP contribution in [-0.4, -0.2) is 67.1 Å². The largest absolute Gasteiger partial charge is 0.481 e. The number of unbranched alkanes of at least 4 members (excludes halogenated alkanes) is 8. The number of carbonyl (C=O) groups is 2. The summed E-state index contributed by atoms with van der Waals surface area (Å²) in [4.78, 5) is 55.5. The molecule has 0 radical (unpaired) electrons. The van der Waals surface area contributed by atoms with Crippen molar-refractivity contribution in [3.8, 4) is 0 Å². The van der Waals surface area contributed by atoms with E-state index < -0.39 is 34.9 Å². The van der Waals surface area contributed by atoms with Crippen LogP contribution in [0.1, 0.15) is 260 Å². The minimum Gasteiger partial charge on any atom is -0.481 e. The number of aliphatic carboxylic acids is 2. The number of fused-ring (bicyclic) bond motifs is 12. The SMILES string of the molecule is CCCCC1=C(C)/C2=C/C3=C(C)C(CCCC)(C(=O)O)C(/C=C4N=C(/C=c5\[nH]/c(c(CCCC)c5C)=C\C1=N2)C(C)=C\4CCCC)N3.CCCCC1=C(C)/C2=C/C3=C(C)C(CCCC)(C(=O)O)C(/C=C4N=C(/C=c5\[nH]/c(c(CCCC)c5C)=C\C1=N2)C(C)=C\4CCCC)N3.[Pd]. The normalized spacial score (nSPS) is 25.6. The summed E-state index contributed by atoms with van der Waals surface area (Å²) in [5.74, 6) is -1.55. The molecule has 4 unspecified atom stereocenters. The monoisotopic (exact) mass is 1380 g/mol. The van der Waals surface area contributed by atoms with E-state index in [0.29, 0.717) is 12.8 Å². The van der Waals surface area contributed by atoms with E-state index in [-0.39, 0.29) is 20.4 Å². The number of aromatic nitrogens is 2. The average molecular weight is 1380 g/mol. The van der Waals surface area contributed by atoms with Gasteiger partial charge < -0.3 is 30.8 Å². The third kappa shape index (κ3) is 14.8. The van der Waals surface area contributed by atoms with Crippen molar-refractivity contribution < 1.29 is 40.2 Å². The van der Waals surface area contributed by atoms with Crippen LogP contribution in [-0.2, 0) is 42.9 Å². The number of carboxylic acids is 2. The Kier molecular flexibility index (Phi) is 25.4. The summed E-state index contributed by atoms with van der Waals surface area (Å²) in [6.45, 7) is 34.9. The zero-order chi connectivity index (χ0) is 67.8. The number of H-pyrrole nitrogens is 2. The molecular formula is C82H112N8O4Pd. The van der Waals surface area contributed by atoms with Gasteiger partial charge in [-0.2, -0.15) is 0 Å². The topological polar surface area (TPSA) is 180 Å². The van der Waals surface area contributed by atoms with Crippen molar-refractivity contribution in [2.24, 2.45) is 30.8 Å². The van der Waals surface area contributed by atoms with Gasteiger partial charge in [0.05, 0.1) is 57.7 Å². The molecule has 8 aliphatic rings. The van der Waals surface area contributed by atoms with Crippen molar-refractivity contribution in [2.75, 3.05) is 0 Å². The van der Waals surface area contributed by atoms with Crippen molar-refractivity contribution in [3.63, 3.8) is 0 Å². The molecule has 10 heterocycles. The zero-order valence-corrected chi connectivity index (χ0v) is 62.1. The van der Waals surface area contributed by atoms with Crippen molar-refractivity contribution in [1.82, 2.24) is 20.6 Å². The number of rotatable bonds is 26.